The fraction of sp³-hybridized carbons (Fsp3) is 0.652. The zero-order valence-electron chi connectivity index (χ0n) is 15.5. The summed E-state index contributed by atoms with van der Waals surface area (Å²) in [4.78, 5) is 0. The van der Waals surface area contributed by atoms with Gasteiger partial charge in [-0.15, -0.1) is 0 Å². The van der Waals surface area contributed by atoms with Crippen molar-refractivity contribution in [3.05, 3.63) is 47.5 Å². The molecular weight excluding hydrogens is 292 g/mol. The van der Waals surface area contributed by atoms with Crippen LogP contribution in [0, 0.1) is 17.8 Å². The van der Waals surface area contributed by atoms with E-state index in [9.17, 15) is 0 Å². The quantitative estimate of drug-likeness (QED) is 0.562. The molecule has 1 aromatic rings. The summed E-state index contributed by atoms with van der Waals surface area (Å²) in [6.07, 6.45) is 16.1. The molecule has 2 aliphatic carbocycles. The molecule has 0 radical (unpaired) electrons. The van der Waals surface area contributed by atoms with Crippen molar-refractivity contribution in [2.24, 2.45) is 17.8 Å². The van der Waals surface area contributed by atoms with Crippen LogP contribution in [-0.2, 0) is 11.3 Å². The number of hydrogen-bond donors (Lipinski definition) is 0. The van der Waals surface area contributed by atoms with Gasteiger partial charge in [0.1, 0.15) is 0 Å². The zero-order valence-corrected chi connectivity index (χ0v) is 15.5. The van der Waals surface area contributed by atoms with Crippen LogP contribution in [0.4, 0.5) is 0 Å². The highest BCUT2D eigenvalue weighted by atomic mass is 16.5. The summed E-state index contributed by atoms with van der Waals surface area (Å²) in [5, 5.41) is 0. The monoisotopic (exact) mass is 326 g/mol. The van der Waals surface area contributed by atoms with Gasteiger partial charge in [-0.2, -0.15) is 0 Å². The maximum absolute atomic E-state index is 5.21. The number of ether oxygens (including phenoxy) is 1. The second kappa shape index (κ2) is 8.85. The molecule has 0 saturated heterocycles. The van der Waals surface area contributed by atoms with Gasteiger partial charge in [-0.25, -0.2) is 0 Å². The van der Waals surface area contributed by atoms with Gasteiger partial charge >= 0.3 is 0 Å². The minimum Gasteiger partial charge on any atom is -0.380 e. The molecule has 1 aromatic carbocycles. The van der Waals surface area contributed by atoms with Gasteiger partial charge in [-0.05, 0) is 93.1 Å². The van der Waals surface area contributed by atoms with E-state index >= 15 is 0 Å². The van der Waals surface area contributed by atoms with Crippen LogP contribution < -0.4 is 0 Å². The Morgan fingerprint density at radius 3 is 2.00 bits per heavy atom. The molecule has 0 unspecified atom stereocenters. The number of allylic oxidation sites excluding steroid dienone is 2. The molecule has 132 valence electrons. The first-order valence-corrected chi connectivity index (χ1v) is 10.0. The summed E-state index contributed by atoms with van der Waals surface area (Å²) in [6.45, 7) is 2.89. The van der Waals surface area contributed by atoms with Crippen molar-refractivity contribution in [3.8, 4) is 0 Å². The van der Waals surface area contributed by atoms with E-state index in [0.717, 1.165) is 30.3 Å². The number of benzene rings is 1. The van der Waals surface area contributed by atoms with Crippen molar-refractivity contribution in [2.75, 3.05) is 7.11 Å². The first kappa shape index (κ1) is 17.7. The third kappa shape index (κ3) is 4.51. The van der Waals surface area contributed by atoms with Gasteiger partial charge in [0.05, 0.1) is 6.61 Å². The lowest BCUT2D eigenvalue weighted by atomic mass is 9.68. The molecular formula is C23H34O. The van der Waals surface area contributed by atoms with Crippen LogP contribution in [0.2, 0.25) is 0 Å². The summed E-state index contributed by atoms with van der Waals surface area (Å²) in [5.41, 5.74) is 2.83. The van der Waals surface area contributed by atoms with Crippen molar-refractivity contribution in [3.63, 3.8) is 0 Å². The van der Waals surface area contributed by atoms with Crippen LogP contribution in [0.1, 0.15) is 75.3 Å². The average Bonchev–Trinajstić information content (AvgIpc) is 2.64. The van der Waals surface area contributed by atoms with Crippen LogP contribution in [0.5, 0.6) is 0 Å². The Hall–Kier alpha value is -1.08. The first-order chi connectivity index (χ1) is 11.8. The maximum Gasteiger partial charge on any atom is 0.0713 e. The Morgan fingerprint density at radius 2 is 1.46 bits per heavy atom. The smallest absolute Gasteiger partial charge is 0.0713 e. The molecule has 0 heterocycles. The molecule has 2 aliphatic rings. The molecule has 0 atom stereocenters. The SMILES string of the molecule is CC=CC1CCC(C2CCC(c3ccc(COC)cc3)CC2)CC1. The number of methoxy groups -OCH3 is 1. The third-order valence-electron chi connectivity index (χ3n) is 6.48. The highest BCUT2D eigenvalue weighted by Crippen LogP contribution is 2.44. The van der Waals surface area contributed by atoms with Gasteiger partial charge in [0.2, 0.25) is 0 Å². The summed E-state index contributed by atoms with van der Waals surface area (Å²) in [5.74, 6) is 3.67. The lowest BCUT2D eigenvalue weighted by Gasteiger charge is -2.37. The summed E-state index contributed by atoms with van der Waals surface area (Å²) < 4.78 is 5.21. The molecule has 0 amide bonds. The van der Waals surface area contributed by atoms with Crippen molar-refractivity contribution >= 4 is 0 Å². The van der Waals surface area contributed by atoms with E-state index in [-0.39, 0.29) is 0 Å². The minimum absolute atomic E-state index is 0.725. The summed E-state index contributed by atoms with van der Waals surface area (Å²) in [7, 11) is 1.77. The molecule has 24 heavy (non-hydrogen) atoms. The van der Waals surface area contributed by atoms with Gasteiger partial charge in [-0.3, -0.25) is 0 Å². The van der Waals surface area contributed by atoms with E-state index in [1.165, 1.54) is 56.9 Å². The Labute approximate surface area is 148 Å². The van der Waals surface area contributed by atoms with Crippen LogP contribution in [0.25, 0.3) is 0 Å². The van der Waals surface area contributed by atoms with E-state index in [1.54, 1.807) is 12.7 Å². The predicted octanol–water partition coefficient (Wildman–Crippen LogP) is 6.49. The summed E-state index contributed by atoms with van der Waals surface area (Å²) in [6, 6.07) is 9.16. The van der Waals surface area contributed by atoms with Gasteiger partial charge in [0, 0.05) is 7.11 Å². The van der Waals surface area contributed by atoms with Crippen molar-refractivity contribution in [1.82, 2.24) is 0 Å². The molecule has 2 fully saturated rings. The second-order valence-corrected chi connectivity index (χ2v) is 7.99. The topological polar surface area (TPSA) is 9.23 Å². The van der Waals surface area contributed by atoms with Crippen molar-refractivity contribution in [2.45, 2.75) is 70.8 Å². The van der Waals surface area contributed by atoms with Crippen LogP contribution in [0.3, 0.4) is 0 Å². The lowest BCUT2D eigenvalue weighted by molar-refractivity contribution is 0.171. The normalized spacial score (nSPS) is 31.4. The third-order valence-corrected chi connectivity index (χ3v) is 6.48. The molecule has 0 spiro atoms. The standard InChI is InChI=1S/C23H34O/c1-3-4-18-5-9-20(10-6-18)22-13-15-23(16-14-22)21-11-7-19(8-12-21)17-24-2/h3-4,7-8,11-12,18,20,22-23H,5-6,9-10,13-17H2,1-2H3. The summed E-state index contributed by atoms with van der Waals surface area (Å²) >= 11 is 0. The van der Waals surface area contributed by atoms with E-state index < -0.39 is 0 Å². The Balaban J connectivity index is 1.47. The number of rotatable bonds is 5. The number of hydrogen-bond acceptors (Lipinski definition) is 1. The predicted molar refractivity (Wildman–Crippen MR) is 102 cm³/mol. The molecule has 1 nitrogen and oxygen atoms in total. The zero-order chi connectivity index (χ0) is 16.8. The molecule has 1 heteroatoms. The fourth-order valence-corrected chi connectivity index (χ4v) is 5.06. The van der Waals surface area contributed by atoms with Crippen LogP contribution in [0.15, 0.2) is 36.4 Å². The molecule has 3 rings (SSSR count). The second-order valence-electron chi connectivity index (χ2n) is 7.99. The Kier molecular flexibility index (Phi) is 6.54. The van der Waals surface area contributed by atoms with E-state index in [1.807, 2.05) is 0 Å². The van der Waals surface area contributed by atoms with Crippen LogP contribution in [-0.4, -0.2) is 7.11 Å². The van der Waals surface area contributed by atoms with Crippen LogP contribution >= 0.6 is 0 Å². The van der Waals surface area contributed by atoms with E-state index in [4.69, 9.17) is 4.74 Å². The maximum atomic E-state index is 5.21. The Bertz CT molecular complexity index is 499. The van der Waals surface area contributed by atoms with Gasteiger partial charge in [-0.1, -0.05) is 36.4 Å². The minimum atomic E-state index is 0.725. The molecule has 0 aromatic heterocycles. The Morgan fingerprint density at radius 1 is 0.875 bits per heavy atom. The first-order valence-electron chi connectivity index (χ1n) is 10.0. The highest BCUT2D eigenvalue weighted by molar-refractivity contribution is 5.25. The largest absolute Gasteiger partial charge is 0.380 e. The average molecular weight is 327 g/mol. The van der Waals surface area contributed by atoms with E-state index in [2.05, 4.69) is 43.3 Å². The fourth-order valence-electron chi connectivity index (χ4n) is 5.06. The highest BCUT2D eigenvalue weighted by Gasteiger charge is 2.30. The molecule has 0 bridgehead atoms. The van der Waals surface area contributed by atoms with E-state index in [0.29, 0.717) is 0 Å². The lowest BCUT2D eigenvalue weighted by Crippen LogP contribution is -2.25. The van der Waals surface area contributed by atoms with Crippen molar-refractivity contribution in [1.29, 1.82) is 0 Å². The van der Waals surface area contributed by atoms with Crippen molar-refractivity contribution < 1.29 is 4.74 Å². The molecule has 0 N–H and O–H groups in total. The van der Waals surface area contributed by atoms with Gasteiger partial charge < -0.3 is 4.74 Å². The molecule has 0 aliphatic heterocycles. The van der Waals surface area contributed by atoms with Gasteiger partial charge in [0.25, 0.3) is 0 Å². The van der Waals surface area contributed by atoms with Gasteiger partial charge in [0.15, 0.2) is 0 Å². The molecule has 2 saturated carbocycles.